The van der Waals surface area contributed by atoms with Crippen molar-refractivity contribution in [3.8, 4) is 0 Å². The fraction of sp³-hybridized carbons (Fsp3) is 0. The normalized spacial score (nSPS) is 12.4. The van der Waals surface area contributed by atoms with E-state index >= 15 is 0 Å². The summed E-state index contributed by atoms with van der Waals surface area (Å²) in [4.78, 5) is 27.8. The van der Waals surface area contributed by atoms with Crippen molar-refractivity contribution in [2.45, 2.75) is 0 Å². The number of hydrogen-bond donors (Lipinski definition) is 0. The standard InChI is InChI=1S/C32H16N2O4/c35-31-17-7-5-13-27-29(17)33(21-9-1-3-11-25(21)37-27)23-16-24-20(15-19(23)31)32(36)18-8-6-14-28-30(18)34(24)22-10-2-4-12-26(22)38-28/h1-16H. The third-order valence-electron chi connectivity index (χ3n) is 7.67. The molecule has 4 heterocycles. The van der Waals surface area contributed by atoms with Crippen LogP contribution in [0.1, 0.15) is 0 Å². The molecular weight excluding hydrogens is 476 g/mol. The summed E-state index contributed by atoms with van der Waals surface area (Å²) in [6, 6.07) is 30.3. The molecule has 38 heavy (non-hydrogen) atoms. The van der Waals surface area contributed by atoms with E-state index in [1.165, 1.54) is 0 Å². The first-order chi connectivity index (χ1) is 18.7. The summed E-state index contributed by atoms with van der Waals surface area (Å²) >= 11 is 0. The Morgan fingerprint density at radius 3 is 1.37 bits per heavy atom. The number of nitrogens with zero attached hydrogens (tertiary/aromatic N) is 2. The second kappa shape index (κ2) is 6.69. The van der Waals surface area contributed by atoms with Crippen molar-refractivity contribution in [2.24, 2.45) is 0 Å². The molecular formula is C32H16N2O4. The van der Waals surface area contributed by atoms with Crippen molar-refractivity contribution < 1.29 is 8.83 Å². The van der Waals surface area contributed by atoms with Gasteiger partial charge in [-0.2, -0.15) is 0 Å². The van der Waals surface area contributed by atoms with Crippen molar-refractivity contribution in [1.29, 1.82) is 0 Å². The fourth-order valence-corrected chi connectivity index (χ4v) is 6.07. The topological polar surface area (TPSA) is 69.2 Å². The number of pyridine rings is 2. The molecule has 0 unspecified atom stereocenters. The maximum Gasteiger partial charge on any atom is 0.197 e. The predicted molar refractivity (Wildman–Crippen MR) is 150 cm³/mol. The summed E-state index contributed by atoms with van der Waals surface area (Å²) in [6.45, 7) is 0. The van der Waals surface area contributed by atoms with E-state index in [-0.39, 0.29) is 10.9 Å². The van der Waals surface area contributed by atoms with E-state index in [9.17, 15) is 9.59 Å². The third-order valence-corrected chi connectivity index (χ3v) is 7.67. The van der Waals surface area contributed by atoms with Gasteiger partial charge in [-0.3, -0.25) is 9.59 Å². The van der Waals surface area contributed by atoms with E-state index in [4.69, 9.17) is 8.83 Å². The smallest absolute Gasteiger partial charge is 0.197 e. The third kappa shape index (κ3) is 2.28. The average molecular weight is 492 g/mol. The molecule has 9 rings (SSSR count). The van der Waals surface area contributed by atoms with Gasteiger partial charge in [0.25, 0.3) is 0 Å². The van der Waals surface area contributed by atoms with Gasteiger partial charge in [0.1, 0.15) is 11.0 Å². The van der Waals surface area contributed by atoms with Crippen LogP contribution in [0.5, 0.6) is 0 Å². The Morgan fingerprint density at radius 2 is 0.868 bits per heavy atom. The number of rotatable bonds is 0. The molecule has 4 aromatic heterocycles. The summed E-state index contributed by atoms with van der Waals surface area (Å²) in [5.41, 5.74) is 6.93. The van der Waals surface area contributed by atoms with E-state index < -0.39 is 0 Å². The average Bonchev–Trinajstić information content (AvgIpc) is 2.96. The van der Waals surface area contributed by atoms with Crippen LogP contribution >= 0.6 is 0 Å². The number of hydrogen-bond acceptors (Lipinski definition) is 4. The van der Waals surface area contributed by atoms with E-state index in [2.05, 4.69) is 8.80 Å². The van der Waals surface area contributed by atoms with Crippen LogP contribution in [0.3, 0.4) is 0 Å². The van der Waals surface area contributed by atoms with Crippen LogP contribution in [0.15, 0.2) is 115 Å². The first-order valence-corrected chi connectivity index (χ1v) is 12.4. The summed E-state index contributed by atoms with van der Waals surface area (Å²) in [7, 11) is 0. The molecule has 6 nitrogen and oxygen atoms in total. The van der Waals surface area contributed by atoms with Gasteiger partial charge in [-0.05, 0) is 60.7 Å². The molecule has 0 fully saturated rings. The zero-order chi connectivity index (χ0) is 25.1. The Kier molecular flexibility index (Phi) is 3.48. The Morgan fingerprint density at radius 1 is 0.421 bits per heavy atom. The minimum Gasteiger partial charge on any atom is -0.453 e. The zero-order valence-electron chi connectivity index (χ0n) is 19.8. The summed E-state index contributed by atoms with van der Waals surface area (Å²) < 4.78 is 16.6. The highest BCUT2D eigenvalue weighted by molar-refractivity contribution is 6.10. The number of para-hydroxylation sites is 6. The molecule has 6 heteroatoms. The summed E-state index contributed by atoms with van der Waals surface area (Å²) in [6.07, 6.45) is 0. The van der Waals surface area contributed by atoms with Gasteiger partial charge in [-0.15, -0.1) is 0 Å². The monoisotopic (exact) mass is 492 g/mol. The van der Waals surface area contributed by atoms with Crippen molar-refractivity contribution in [3.05, 3.63) is 118 Å². The number of benzene rings is 5. The minimum atomic E-state index is -0.131. The molecule has 0 aliphatic heterocycles. The molecule has 0 spiro atoms. The van der Waals surface area contributed by atoms with Crippen LogP contribution in [-0.4, -0.2) is 8.80 Å². The zero-order valence-corrected chi connectivity index (χ0v) is 19.8. The Balaban J connectivity index is 1.68. The molecule has 5 aromatic carbocycles. The van der Waals surface area contributed by atoms with Crippen molar-refractivity contribution in [3.63, 3.8) is 0 Å². The van der Waals surface area contributed by atoms with Crippen LogP contribution in [0, 0.1) is 0 Å². The van der Waals surface area contributed by atoms with Crippen LogP contribution in [0.2, 0.25) is 0 Å². The summed E-state index contributed by atoms with van der Waals surface area (Å²) in [5, 5.41) is 2.07. The van der Waals surface area contributed by atoms with Gasteiger partial charge in [-0.25, -0.2) is 0 Å². The molecule has 0 aliphatic carbocycles. The molecule has 0 amide bonds. The Labute approximate surface area is 212 Å². The van der Waals surface area contributed by atoms with E-state index in [1.807, 2.05) is 91.0 Å². The largest absolute Gasteiger partial charge is 0.453 e. The second-order valence-electron chi connectivity index (χ2n) is 9.66. The molecule has 178 valence electrons. The van der Waals surface area contributed by atoms with Crippen molar-refractivity contribution in [1.82, 2.24) is 8.80 Å². The lowest BCUT2D eigenvalue weighted by atomic mass is 10.0. The Hall–Kier alpha value is -5.36. The first kappa shape index (κ1) is 19.8. The highest BCUT2D eigenvalue weighted by atomic mass is 16.3. The highest BCUT2D eigenvalue weighted by Gasteiger charge is 2.20. The molecule has 0 atom stereocenters. The van der Waals surface area contributed by atoms with Gasteiger partial charge >= 0.3 is 0 Å². The molecule has 0 radical (unpaired) electrons. The molecule has 9 aromatic rings. The van der Waals surface area contributed by atoms with Crippen LogP contribution in [0.25, 0.3) is 77.0 Å². The van der Waals surface area contributed by atoms with Crippen LogP contribution in [-0.2, 0) is 0 Å². The minimum absolute atomic E-state index is 0.131. The SMILES string of the molecule is O=c1c2cc3c(=O)c4cccc5oc6ccccc6n(c3cc2n2c3ccccc3oc3cccc1c32)c54. The highest BCUT2D eigenvalue weighted by Crippen LogP contribution is 2.33. The Bertz CT molecular complexity index is 2440. The maximum atomic E-state index is 13.9. The van der Waals surface area contributed by atoms with Crippen molar-refractivity contribution in [2.75, 3.05) is 0 Å². The van der Waals surface area contributed by atoms with Gasteiger partial charge in [-0.1, -0.05) is 36.4 Å². The van der Waals surface area contributed by atoms with Crippen molar-refractivity contribution >= 4 is 77.0 Å². The molecule has 0 aliphatic rings. The van der Waals surface area contributed by atoms with Gasteiger partial charge < -0.3 is 17.6 Å². The second-order valence-corrected chi connectivity index (χ2v) is 9.66. The number of fused-ring (bicyclic) bond motifs is 8. The molecule has 0 N–H and O–H groups in total. The predicted octanol–water partition coefficient (Wildman–Crippen LogP) is 7.02. The quantitative estimate of drug-likeness (QED) is 0.169. The lowest BCUT2D eigenvalue weighted by Crippen LogP contribution is -2.12. The molecule has 0 saturated heterocycles. The van der Waals surface area contributed by atoms with Gasteiger partial charge in [0.05, 0.1) is 32.8 Å². The van der Waals surface area contributed by atoms with Gasteiger partial charge in [0, 0.05) is 10.8 Å². The van der Waals surface area contributed by atoms with Crippen LogP contribution in [0.4, 0.5) is 0 Å². The van der Waals surface area contributed by atoms with Crippen LogP contribution < -0.4 is 10.9 Å². The maximum absolute atomic E-state index is 13.9. The van der Waals surface area contributed by atoms with E-state index in [1.54, 1.807) is 6.07 Å². The molecule has 0 saturated carbocycles. The number of aromatic nitrogens is 2. The van der Waals surface area contributed by atoms with E-state index in [0.29, 0.717) is 65.9 Å². The summed E-state index contributed by atoms with van der Waals surface area (Å²) in [5.74, 6) is 0. The lowest BCUT2D eigenvalue weighted by Gasteiger charge is -2.17. The fourth-order valence-electron chi connectivity index (χ4n) is 6.07. The van der Waals surface area contributed by atoms with E-state index in [0.717, 1.165) is 11.0 Å². The molecule has 0 bridgehead atoms. The first-order valence-electron chi connectivity index (χ1n) is 12.4. The lowest BCUT2D eigenvalue weighted by molar-refractivity contribution is 0.655. The van der Waals surface area contributed by atoms with Gasteiger partial charge in [0.15, 0.2) is 33.2 Å². The van der Waals surface area contributed by atoms with Gasteiger partial charge in [0.2, 0.25) is 0 Å².